The predicted octanol–water partition coefficient (Wildman–Crippen LogP) is 3.84. The van der Waals surface area contributed by atoms with Gasteiger partial charge in [0.2, 0.25) is 0 Å². The summed E-state index contributed by atoms with van der Waals surface area (Å²) in [5.74, 6) is 0.582. The molecule has 1 aromatic rings. The number of methoxy groups -OCH3 is 1. The Morgan fingerprint density at radius 3 is 2.70 bits per heavy atom. The second-order valence-corrected chi connectivity index (χ2v) is 7.20. The molecule has 0 spiro atoms. The Morgan fingerprint density at radius 1 is 1.43 bits per heavy atom. The third-order valence-electron chi connectivity index (χ3n) is 4.47. The van der Waals surface area contributed by atoms with Crippen LogP contribution in [0, 0.1) is 0 Å². The lowest BCUT2D eigenvalue weighted by Crippen LogP contribution is -2.31. The van der Waals surface area contributed by atoms with E-state index in [1.807, 2.05) is 6.07 Å². The summed E-state index contributed by atoms with van der Waals surface area (Å²) in [6.45, 7) is 7.30. The standard InChI is InChI=1S/C17H24BrNO3.ClH/c1-5-17(2,3)11-6-7-15(13(18)8-11)22-12-9-14(19-10-12)16(20)21-4;/h6-8,12,14,19H,5,9-10H2,1-4H3;1H. The smallest absolute Gasteiger partial charge is 0.323 e. The Balaban J connectivity index is 0.00000264. The maximum Gasteiger partial charge on any atom is 0.323 e. The Hall–Kier alpha value is -0.780. The highest BCUT2D eigenvalue weighted by atomic mass is 79.9. The molecule has 23 heavy (non-hydrogen) atoms. The van der Waals surface area contributed by atoms with Crippen molar-refractivity contribution in [3.63, 3.8) is 0 Å². The molecule has 1 heterocycles. The van der Waals surface area contributed by atoms with E-state index in [0.29, 0.717) is 13.0 Å². The Morgan fingerprint density at radius 2 is 2.13 bits per heavy atom. The summed E-state index contributed by atoms with van der Waals surface area (Å²) < 4.78 is 11.7. The van der Waals surface area contributed by atoms with E-state index in [0.717, 1.165) is 16.6 Å². The molecule has 2 atom stereocenters. The Kier molecular flexibility index (Phi) is 7.36. The SMILES string of the molecule is CCC(C)(C)c1ccc(OC2CNC(C(=O)OC)C2)c(Br)c1.Cl. The van der Waals surface area contributed by atoms with Crippen molar-refractivity contribution in [3.8, 4) is 5.75 Å². The van der Waals surface area contributed by atoms with Crippen molar-refractivity contribution >= 4 is 34.3 Å². The normalized spacial score (nSPS) is 20.7. The number of ether oxygens (including phenoxy) is 2. The molecule has 2 unspecified atom stereocenters. The van der Waals surface area contributed by atoms with Crippen LogP contribution in [0.25, 0.3) is 0 Å². The van der Waals surface area contributed by atoms with Gasteiger partial charge in [0.25, 0.3) is 0 Å². The molecule has 0 bridgehead atoms. The van der Waals surface area contributed by atoms with Crippen LogP contribution >= 0.6 is 28.3 Å². The van der Waals surface area contributed by atoms with Crippen molar-refractivity contribution in [2.24, 2.45) is 0 Å². The van der Waals surface area contributed by atoms with E-state index in [2.05, 4.69) is 54.2 Å². The summed E-state index contributed by atoms with van der Waals surface area (Å²) in [5, 5.41) is 3.13. The molecule has 1 aliphatic rings. The third kappa shape index (κ3) is 4.85. The molecule has 1 fully saturated rings. The van der Waals surface area contributed by atoms with Crippen LogP contribution in [-0.4, -0.2) is 31.8 Å². The minimum absolute atomic E-state index is 0. The van der Waals surface area contributed by atoms with Crippen LogP contribution in [0.5, 0.6) is 5.75 Å². The average Bonchev–Trinajstić information content (AvgIpc) is 2.97. The molecule has 130 valence electrons. The molecule has 0 aromatic heterocycles. The zero-order valence-corrected chi connectivity index (χ0v) is 16.4. The molecular weight excluding hydrogens is 382 g/mol. The lowest BCUT2D eigenvalue weighted by Gasteiger charge is -2.24. The predicted molar refractivity (Wildman–Crippen MR) is 97.5 cm³/mol. The quantitative estimate of drug-likeness (QED) is 0.755. The first-order chi connectivity index (χ1) is 10.4. The molecule has 0 aliphatic carbocycles. The average molecular weight is 407 g/mol. The second kappa shape index (κ2) is 8.36. The summed E-state index contributed by atoms with van der Waals surface area (Å²) in [6.07, 6.45) is 1.68. The van der Waals surface area contributed by atoms with Crippen LogP contribution in [0.15, 0.2) is 22.7 Å². The van der Waals surface area contributed by atoms with Gasteiger partial charge in [0, 0.05) is 13.0 Å². The third-order valence-corrected chi connectivity index (χ3v) is 5.09. The van der Waals surface area contributed by atoms with Crippen molar-refractivity contribution in [3.05, 3.63) is 28.2 Å². The topological polar surface area (TPSA) is 47.6 Å². The number of carbonyl (C=O) groups excluding carboxylic acids is 1. The summed E-state index contributed by atoms with van der Waals surface area (Å²) >= 11 is 3.60. The van der Waals surface area contributed by atoms with Gasteiger partial charge in [-0.15, -0.1) is 12.4 Å². The minimum Gasteiger partial charge on any atom is -0.488 e. The van der Waals surface area contributed by atoms with E-state index in [4.69, 9.17) is 9.47 Å². The largest absolute Gasteiger partial charge is 0.488 e. The number of carbonyl (C=O) groups is 1. The summed E-state index contributed by atoms with van der Waals surface area (Å²) in [7, 11) is 1.41. The van der Waals surface area contributed by atoms with Gasteiger partial charge in [0.05, 0.1) is 11.6 Å². The van der Waals surface area contributed by atoms with Gasteiger partial charge in [-0.05, 0) is 45.5 Å². The van der Waals surface area contributed by atoms with E-state index in [1.165, 1.54) is 12.7 Å². The van der Waals surface area contributed by atoms with E-state index >= 15 is 0 Å². The number of halogens is 2. The number of hydrogen-bond donors (Lipinski definition) is 1. The molecule has 2 rings (SSSR count). The van der Waals surface area contributed by atoms with E-state index in [-0.39, 0.29) is 35.9 Å². The maximum atomic E-state index is 11.5. The minimum atomic E-state index is -0.271. The number of esters is 1. The number of nitrogens with one attached hydrogen (secondary N) is 1. The molecule has 0 radical (unpaired) electrons. The fraction of sp³-hybridized carbons (Fsp3) is 0.588. The van der Waals surface area contributed by atoms with Gasteiger partial charge in [-0.3, -0.25) is 4.79 Å². The van der Waals surface area contributed by atoms with E-state index in [1.54, 1.807) is 0 Å². The van der Waals surface area contributed by atoms with Gasteiger partial charge < -0.3 is 14.8 Å². The maximum absolute atomic E-state index is 11.5. The van der Waals surface area contributed by atoms with Crippen molar-refractivity contribution in [2.75, 3.05) is 13.7 Å². The molecular formula is C17H25BrClNO3. The van der Waals surface area contributed by atoms with Gasteiger partial charge in [-0.2, -0.15) is 0 Å². The number of rotatable bonds is 5. The van der Waals surface area contributed by atoms with Crippen LogP contribution in [-0.2, 0) is 14.9 Å². The van der Waals surface area contributed by atoms with E-state index < -0.39 is 0 Å². The first-order valence-electron chi connectivity index (χ1n) is 7.65. The van der Waals surface area contributed by atoms with Gasteiger partial charge in [-0.1, -0.05) is 26.8 Å². The highest BCUT2D eigenvalue weighted by Gasteiger charge is 2.31. The zero-order chi connectivity index (χ0) is 16.3. The van der Waals surface area contributed by atoms with Crippen molar-refractivity contribution < 1.29 is 14.3 Å². The van der Waals surface area contributed by atoms with Crippen LogP contribution in [0.3, 0.4) is 0 Å². The van der Waals surface area contributed by atoms with Crippen molar-refractivity contribution in [1.29, 1.82) is 0 Å². The molecule has 1 aromatic carbocycles. The molecule has 6 heteroatoms. The lowest BCUT2D eigenvalue weighted by atomic mass is 9.82. The van der Waals surface area contributed by atoms with Crippen LogP contribution < -0.4 is 10.1 Å². The highest BCUT2D eigenvalue weighted by molar-refractivity contribution is 9.10. The fourth-order valence-corrected chi connectivity index (χ4v) is 2.99. The van der Waals surface area contributed by atoms with Crippen molar-refractivity contribution in [2.45, 2.75) is 51.2 Å². The molecule has 4 nitrogen and oxygen atoms in total. The molecule has 0 amide bonds. The van der Waals surface area contributed by atoms with Gasteiger partial charge in [-0.25, -0.2) is 0 Å². The Labute approximate surface area is 152 Å². The molecule has 1 aliphatic heterocycles. The number of hydrogen-bond acceptors (Lipinski definition) is 4. The van der Waals surface area contributed by atoms with Crippen LogP contribution in [0.4, 0.5) is 0 Å². The van der Waals surface area contributed by atoms with E-state index in [9.17, 15) is 4.79 Å². The summed E-state index contributed by atoms with van der Waals surface area (Å²) in [5.41, 5.74) is 1.43. The zero-order valence-electron chi connectivity index (χ0n) is 14.0. The van der Waals surface area contributed by atoms with Crippen LogP contribution in [0.1, 0.15) is 39.2 Å². The van der Waals surface area contributed by atoms with Crippen molar-refractivity contribution in [1.82, 2.24) is 5.32 Å². The lowest BCUT2D eigenvalue weighted by molar-refractivity contribution is -0.142. The summed E-state index contributed by atoms with van der Waals surface area (Å²) in [4.78, 5) is 11.5. The van der Waals surface area contributed by atoms with Gasteiger partial charge in [0.15, 0.2) is 0 Å². The van der Waals surface area contributed by atoms with Gasteiger partial charge >= 0.3 is 5.97 Å². The Bertz CT molecular complexity index is 551. The first-order valence-corrected chi connectivity index (χ1v) is 8.44. The second-order valence-electron chi connectivity index (χ2n) is 6.34. The molecule has 0 saturated carbocycles. The summed E-state index contributed by atoms with van der Waals surface area (Å²) in [6, 6.07) is 5.97. The van der Waals surface area contributed by atoms with Gasteiger partial charge in [0.1, 0.15) is 17.9 Å². The number of benzene rings is 1. The fourth-order valence-electron chi connectivity index (χ4n) is 2.52. The molecule has 1 N–H and O–H groups in total. The van der Waals surface area contributed by atoms with Crippen LogP contribution in [0.2, 0.25) is 0 Å². The molecule has 1 saturated heterocycles. The highest BCUT2D eigenvalue weighted by Crippen LogP contribution is 2.34. The first kappa shape index (κ1) is 20.3. The monoisotopic (exact) mass is 405 g/mol.